The highest BCUT2D eigenvalue weighted by Gasteiger charge is 2.19. The first-order valence-corrected chi connectivity index (χ1v) is 8.99. The Hall–Kier alpha value is -1.86. The molecule has 1 aliphatic rings. The number of nitrogens with one attached hydrogen (secondary N) is 1. The standard InChI is InChI=1S/C17H21FN4OS/c1-12-3-2-8-22(10-12)11-15-20-21-17(24-15)16(23)19-9-13-4-6-14(18)7-5-13/h4-7,12H,2-3,8-11H2,1H3,(H,19,23)/t12-/m0/s1. The van der Waals surface area contributed by atoms with Gasteiger partial charge in [0.05, 0.1) is 6.54 Å². The Labute approximate surface area is 144 Å². The van der Waals surface area contributed by atoms with Crippen molar-refractivity contribution in [3.8, 4) is 0 Å². The van der Waals surface area contributed by atoms with E-state index >= 15 is 0 Å². The molecule has 1 amide bonds. The molecule has 2 aromatic rings. The smallest absolute Gasteiger partial charge is 0.282 e. The van der Waals surface area contributed by atoms with E-state index in [4.69, 9.17) is 0 Å². The molecule has 3 rings (SSSR count). The Morgan fingerprint density at radius 1 is 1.38 bits per heavy atom. The predicted molar refractivity (Wildman–Crippen MR) is 91.2 cm³/mol. The number of aromatic nitrogens is 2. The molecule has 0 radical (unpaired) electrons. The molecule has 5 nitrogen and oxygen atoms in total. The summed E-state index contributed by atoms with van der Waals surface area (Å²) in [7, 11) is 0. The van der Waals surface area contributed by atoms with Gasteiger partial charge in [-0.15, -0.1) is 10.2 Å². The van der Waals surface area contributed by atoms with Gasteiger partial charge in [0.2, 0.25) is 5.01 Å². The number of hydrogen-bond acceptors (Lipinski definition) is 5. The van der Waals surface area contributed by atoms with Gasteiger partial charge in [-0.2, -0.15) is 0 Å². The normalized spacial score (nSPS) is 18.5. The second-order valence-electron chi connectivity index (χ2n) is 6.29. The van der Waals surface area contributed by atoms with Crippen molar-refractivity contribution in [3.63, 3.8) is 0 Å². The minimum Gasteiger partial charge on any atom is -0.346 e. The van der Waals surface area contributed by atoms with Crippen LogP contribution in [0.25, 0.3) is 0 Å². The van der Waals surface area contributed by atoms with E-state index in [2.05, 4.69) is 27.3 Å². The van der Waals surface area contributed by atoms with Crippen LogP contribution in [-0.4, -0.2) is 34.1 Å². The molecule has 1 aromatic carbocycles. The zero-order valence-electron chi connectivity index (χ0n) is 13.7. The molecule has 2 heterocycles. The van der Waals surface area contributed by atoms with Crippen LogP contribution in [0, 0.1) is 11.7 Å². The number of benzene rings is 1. The summed E-state index contributed by atoms with van der Waals surface area (Å²) in [5.41, 5.74) is 0.844. The largest absolute Gasteiger partial charge is 0.346 e. The van der Waals surface area contributed by atoms with E-state index in [9.17, 15) is 9.18 Å². The average Bonchev–Trinajstić information content (AvgIpc) is 3.03. The Balaban J connectivity index is 1.52. The van der Waals surface area contributed by atoms with E-state index in [0.717, 1.165) is 30.2 Å². The minimum atomic E-state index is -0.286. The summed E-state index contributed by atoms with van der Waals surface area (Å²) in [6, 6.07) is 6.06. The predicted octanol–water partition coefficient (Wildman–Crippen LogP) is 2.84. The van der Waals surface area contributed by atoms with Crippen LogP contribution in [0.2, 0.25) is 0 Å². The van der Waals surface area contributed by atoms with Gasteiger partial charge in [-0.1, -0.05) is 30.4 Å². The van der Waals surface area contributed by atoms with Crippen LogP contribution in [0.15, 0.2) is 24.3 Å². The molecule has 0 unspecified atom stereocenters. The number of amides is 1. The molecule has 1 aromatic heterocycles. The van der Waals surface area contributed by atoms with Crippen molar-refractivity contribution in [2.24, 2.45) is 5.92 Å². The second-order valence-corrected chi connectivity index (χ2v) is 7.35. The van der Waals surface area contributed by atoms with Gasteiger partial charge >= 0.3 is 0 Å². The van der Waals surface area contributed by atoms with Crippen LogP contribution in [0.3, 0.4) is 0 Å². The maximum atomic E-state index is 12.9. The number of carbonyl (C=O) groups is 1. The summed E-state index contributed by atoms with van der Waals surface area (Å²) in [6.07, 6.45) is 2.49. The van der Waals surface area contributed by atoms with Crippen molar-refractivity contribution in [3.05, 3.63) is 45.7 Å². The van der Waals surface area contributed by atoms with Crippen molar-refractivity contribution in [1.29, 1.82) is 0 Å². The van der Waals surface area contributed by atoms with Gasteiger partial charge in [-0.25, -0.2) is 4.39 Å². The molecule has 1 aliphatic heterocycles. The van der Waals surface area contributed by atoms with E-state index in [1.54, 1.807) is 12.1 Å². The molecule has 128 valence electrons. The summed E-state index contributed by atoms with van der Waals surface area (Å²) < 4.78 is 12.9. The van der Waals surface area contributed by atoms with Crippen LogP contribution in [0.1, 0.15) is 40.1 Å². The van der Waals surface area contributed by atoms with Gasteiger partial charge in [0.1, 0.15) is 10.8 Å². The van der Waals surface area contributed by atoms with Gasteiger partial charge in [-0.3, -0.25) is 9.69 Å². The van der Waals surface area contributed by atoms with Crippen molar-refractivity contribution in [2.75, 3.05) is 13.1 Å². The van der Waals surface area contributed by atoms with E-state index in [1.165, 1.54) is 36.3 Å². The van der Waals surface area contributed by atoms with Crippen LogP contribution in [-0.2, 0) is 13.1 Å². The lowest BCUT2D eigenvalue weighted by atomic mass is 10.0. The first kappa shape index (κ1) is 17.0. The summed E-state index contributed by atoms with van der Waals surface area (Å²) in [5, 5.41) is 12.2. The first-order valence-electron chi connectivity index (χ1n) is 8.17. The molecule has 1 N–H and O–H groups in total. The fraction of sp³-hybridized carbons (Fsp3) is 0.471. The number of nitrogens with zero attached hydrogens (tertiary/aromatic N) is 3. The Morgan fingerprint density at radius 2 is 2.17 bits per heavy atom. The van der Waals surface area contributed by atoms with E-state index in [-0.39, 0.29) is 11.7 Å². The zero-order valence-corrected chi connectivity index (χ0v) is 14.5. The Bertz CT molecular complexity index is 688. The number of halogens is 1. The van der Waals surface area contributed by atoms with Gasteiger partial charge in [0, 0.05) is 13.1 Å². The van der Waals surface area contributed by atoms with Crippen LogP contribution < -0.4 is 5.32 Å². The molecule has 1 atom stereocenters. The Kier molecular flexibility index (Phi) is 5.52. The maximum absolute atomic E-state index is 12.9. The zero-order chi connectivity index (χ0) is 16.9. The molecule has 0 aliphatic carbocycles. The number of likely N-dealkylation sites (tertiary alicyclic amines) is 1. The van der Waals surface area contributed by atoms with Crippen molar-refractivity contribution in [1.82, 2.24) is 20.4 Å². The number of hydrogen-bond donors (Lipinski definition) is 1. The lowest BCUT2D eigenvalue weighted by Gasteiger charge is -2.29. The van der Waals surface area contributed by atoms with Gasteiger partial charge < -0.3 is 5.32 Å². The molecular weight excluding hydrogens is 327 g/mol. The Morgan fingerprint density at radius 3 is 2.92 bits per heavy atom. The number of rotatable bonds is 5. The van der Waals surface area contributed by atoms with Gasteiger partial charge in [-0.05, 0) is 43.0 Å². The highest BCUT2D eigenvalue weighted by atomic mass is 32.1. The lowest BCUT2D eigenvalue weighted by molar-refractivity contribution is 0.0950. The van der Waals surface area contributed by atoms with Crippen molar-refractivity contribution < 1.29 is 9.18 Å². The lowest BCUT2D eigenvalue weighted by Crippen LogP contribution is -2.33. The summed E-state index contributed by atoms with van der Waals surface area (Å²) >= 11 is 1.34. The summed E-state index contributed by atoms with van der Waals surface area (Å²) in [6.45, 7) is 5.52. The van der Waals surface area contributed by atoms with Crippen LogP contribution in [0.5, 0.6) is 0 Å². The topological polar surface area (TPSA) is 58.1 Å². The number of piperidine rings is 1. The fourth-order valence-electron chi connectivity index (χ4n) is 2.89. The molecule has 1 fully saturated rings. The van der Waals surface area contributed by atoms with Crippen LogP contribution >= 0.6 is 11.3 Å². The van der Waals surface area contributed by atoms with Crippen molar-refractivity contribution in [2.45, 2.75) is 32.9 Å². The summed E-state index contributed by atoms with van der Waals surface area (Å²) in [5.74, 6) is 0.186. The third kappa shape index (κ3) is 4.58. The SMILES string of the molecule is C[C@H]1CCCN(Cc2nnc(C(=O)NCc3ccc(F)cc3)s2)C1. The van der Waals surface area contributed by atoms with Crippen LogP contribution in [0.4, 0.5) is 4.39 Å². The highest BCUT2D eigenvalue weighted by molar-refractivity contribution is 7.13. The second kappa shape index (κ2) is 7.81. The van der Waals surface area contributed by atoms with Gasteiger partial charge in [0.15, 0.2) is 0 Å². The molecule has 7 heteroatoms. The molecule has 0 saturated carbocycles. The third-order valence-electron chi connectivity index (χ3n) is 4.13. The highest BCUT2D eigenvalue weighted by Crippen LogP contribution is 2.19. The van der Waals surface area contributed by atoms with Gasteiger partial charge in [0.25, 0.3) is 5.91 Å². The molecule has 0 spiro atoms. The molecular formula is C17H21FN4OS. The number of carbonyl (C=O) groups excluding carboxylic acids is 1. The monoisotopic (exact) mass is 348 g/mol. The first-order chi connectivity index (χ1) is 11.6. The molecule has 1 saturated heterocycles. The third-order valence-corrected chi connectivity index (χ3v) is 5.03. The van der Waals surface area contributed by atoms with E-state index in [0.29, 0.717) is 17.5 Å². The summed E-state index contributed by atoms with van der Waals surface area (Å²) in [4.78, 5) is 14.5. The molecule has 0 bridgehead atoms. The quantitative estimate of drug-likeness (QED) is 0.903. The maximum Gasteiger partial charge on any atom is 0.282 e. The molecule has 24 heavy (non-hydrogen) atoms. The van der Waals surface area contributed by atoms with Crippen molar-refractivity contribution >= 4 is 17.2 Å². The minimum absolute atomic E-state index is 0.241. The van der Waals surface area contributed by atoms with E-state index < -0.39 is 0 Å². The van der Waals surface area contributed by atoms with E-state index in [1.807, 2.05) is 0 Å². The average molecular weight is 348 g/mol. The fourth-order valence-corrected chi connectivity index (χ4v) is 3.69.